The Hall–Kier alpha value is -2.42. The molecule has 2 rings (SSSR count). The van der Waals surface area contributed by atoms with E-state index in [-0.39, 0.29) is 24.4 Å². The molecule has 2 amide bonds. The Morgan fingerprint density at radius 3 is 2.68 bits per heavy atom. The van der Waals surface area contributed by atoms with Crippen LogP contribution >= 0.6 is 11.3 Å². The van der Waals surface area contributed by atoms with E-state index in [1.54, 1.807) is 6.92 Å². The van der Waals surface area contributed by atoms with Crippen LogP contribution in [0.2, 0.25) is 0 Å². The molecule has 0 saturated heterocycles. The third-order valence-corrected chi connectivity index (χ3v) is 3.34. The SMILES string of the molecule is Cc1nnc(NC(=O)CCNC(=O)c2ccc(F)cc2F)s1. The zero-order valence-corrected chi connectivity index (χ0v) is 12.3. The molecule has 2 N–H and O–H groups in total. The molecule has 0 radical (unpaired) electrons. The second-order valence-corrected chi connectivity index (χ2v) is 5.49. The van der Waals surface area contributed by atoms with Crippen LogP contribution in [0, 0.1) is 18.6 Å². The van der Waals surface area contributed by atoms with Gasteiger partial charge >= 0.3 is 0 Å². The molecule has 0 aliphatic carbocycles. The Morgan fingerprint density at radius 2 is 2.05 bits per heavy atom. The number of nitrogens with one attached hydrogen (secondary N) is 2. The Balaban J connectivity index is 1.80. The summed E-state index contributed by atoms with van der Waals surface area (Å²) in [4.78, 5) is 23.3. The predicted molar refractivity (Wildman–Crippen MR) is 76.6 cm³/mol. The minimum Gasteiger partial charge on any atom is -0.351 e. The van der Waals surface area contributed by atoms with Gasteiger partial charge in [0.2, 0.25) is 11.0 Å². The van der Waals surface area contributed by atoms with E-state index in [2.05, 4.69) is 20.8 Å². The summed E-state index contributed by atoms with van der Waals surface area (Å²) in [5.41, 5.74) is -0.276. The molecule has 116 valence electrons. The van der Waals surface area contributed by atoms with Crippen LogP contribution in [0.5, 0.6) is 0 Å². The van der Waals surface area contributed by atoms with Crippen molar-refractivity contribution < 1.29 is 18.4 Å². The molecule has 2 aromatic rings. The van der Waals surface area contributed by atoms with Crippen LogP contribution in [0.15, 0.2) is 18.2 Å². The summed E-state index contributed by atoms with van der Waals surface area (Å²) in [7, 11) is 0. The standard InChI is InChI=1S/C13H12F2N4O2S/c1-7-18-19-13(22-7)17-11(20)4-5-16-12(21)9-3-2-8(14)6-10(9)15/h2-3,6H,4-5H2,1H3,(H,16,21)(H,17,19,20). The number of aromatic nitrogens is 2. The molecule has 9 heteroatoms. The van der Waals surface area contributed by atoms with E-state index < -0.39 is 17.5 Å². The smallest absolute Gasteiger partial charge is 0.254 e. The van der Waals surface area contributed by atoms with E-state index >= 15 is 0 Å². The molecule has 0 fully saturated rings. The van der Waals surface area contributed by atoms with Crippen molar-refractivity contribution in [3.63, 3.8) is 0 Å². The largest absolute Gasteiger partial charge is 0.351 e. The Kier molecular flexibility index (Phi) is 5.10. The zero-order chi connectivity index (χ0) is 16.1. The second-order valence-electron chi connectivity index (χ2n) is 4.30. The third kappa shape index (κ3) is 4.29. The Morgan fingerprint density at radius 1 is 1.27 bits per heavy atom. The maximum absolute atomic E-state index is 13.4. The van der Waals surface area contributed by atoms with Gasteiger partial charge in [-0.1, -0.05) is 11.3 Å². The lowest BCUT2D eigenvalue weighted by molar-refractivity contribution is -0.116. The first kappa shape index (κ1) is 16.0. The molecule has 0 spiro atoms. The van der Waals surface area contributed by atoms with Gasteiger partial charge < -0.3 is 10.6 Å². The molecule has 1 aromatic carbocycles. The topological polar surface area (TPSA) is 84.0 Å². The predicted octanol–water partition coefficient (Wildman–Crippen LogP) is 1.88. The highest BCUT2D eigenvalue weighted by Gasteiger charge is 2.13. The first-order chi connectivity index (χ1) is 10.5. The average molecular weight is 326 g/mol. The van der Waals surface area contributed by atoms with Crippen LogP contribution in [0.25, 0.3) is 0 Å². The van der Waals surface area contributed by atoms with Crippen molar-refractivity contribution in [3.8, 4) is 0 Å². The van der Waals surface area contributed by atoms with Gasteiger partial charge in [-0.25, -0.2) is 8.78 Å². The third-order valence-electron chi connectivity index (χ3n) is 2.59. The number of carbonyl (C=O) groups excluding carboxylic acids is 2. The summed E-state index contributed by atoms with van der Waals surface area (Å²) in [6.07, 6.45) is -0.00676. The van der Waals surface area contributed by atoms with Gasteiger partial charge in [-0.2, -0.15) is 0 Å². The second kappa shape index (κ2) is 7.03. The van der Waals surface area contributed by atoms with Crippen LogP contribution < -0.4 is 10.6 Å². The number of hydrogen-bond donors (Lipinski definition) is 2. The number of aryl methyl sites for hydroxylation is 1. The van der Waals surface area contributed by atoms with Gasteiger partial charge in [0.05, 0.1) is 5.56 Å². The lowest BCUT2D eigenvalue weighted by Crippen LogP contribution is -2.28. The number of carbonyl (C=O) groups is 2. The summed E-state index contributed by atoms with van der Waals surface area (Å²) in [6, 6.07) is 2.66. The number of anilines is 1. The number of amides is 2. The lowest BCUT2D eigenvalue weighted by atomic mass is 10.2. The van der Waals surface area contributed by atoms with E-state index in [9.17, 15) is 18.4 Å². The van der Waals surface area contributed by atoms with E-state index in [0.29, 0.717) is 11.2 Å². The summed E-state index contributed by atoms with van der Waals surface area (Å²) in [5.74, 6) is -2.78. The van der Waals surface area contributed by atoms with Crippen molar-refractivity contribution in [1.82, 2.24) is 15.5 Å². The van der Waals surface area contributed by atoms with Crippen LogP contribution in [0.3, 0.4) is 0 Å². The van der Waals surface area contributed by atoms with Crippen molar-refractivity contribution in [2.45, 2.75) is 13.3 Å². The molecular weight excluding hydrogens is 314 g/mol. The minimum absolute atomic E-state index is 0.00676. The van der Waals surface area contributed by atoms with Crippen LogP contribution in [-0.4, -0.2) is 28.6 Å². The summed E-state index contributed by atoms with van der Waals surface area (Å²) >= 11 is 1.23. The minimum atomic E-state index is -0.953. The van der Waals surface area contributed by atoms with Crippen molar-refractivity contribution in [2.24, 2.45) is 0 Å². The fourth-order valence-electron chi connectivity index (χ4n) is 1.59. The lowest BCUT2D eigenvalue weighted by Gasteiger charge is -2.06. The molecule has 22 heavy (non-hydrogen) atoms. The molecule has 0 saturated carbocycles. The number of rotatable bonds is 5. The summed E-state index contributed by atoms with van der Waals surface area (Å²) in [5, 5.41) is 13.5. The zero-order valence-electron chi connectivity index (χ0n) is 11.5. The van der Waals surface area contributed by atoms with E-state index in [1.807, 2.05) is 0 Å². The Bertz CT molecular complexity index is 705. The van der Waals surface area contributed by atoms with Crippen molar-refractivity contribution in [2.75, 3.05) is 11.9 Å². The number of nitrogens with zero attached hydrogens (tertiary/aromatic N) is 2. The quantitative estimate of drug-likeness (QED) is 0.879. The highest BCUT2D eigenvalue weighted by molar-refractivity contribution is 7.15. The molecule has 0 unspecified atom stereocenters. The maximum atomic E-state index is 13.4. The van der Waals surface area contributed by atoms with Crippen LogP contribution in [0.4, 0.5) is 13.9 Å². The first-order valence-electron chi connectivity index (χ1n) is 6.29. The van der Waals surface area contributed by atoms with Gasteiger partial charge in [0.15, 0.2) is 0 Å². The Labute approximate surface area is 128 Å². The monoisotopic (exact) mass is 326 g/mol. The fraction of sp³-hybridized carbons (Fsp3) is 0.231. The molecule has 1 heterocycles. The normalized spacial score (nSPS) is 10.3. The van der Waals surface area contributed by atoms with Gasteiger partial charge in [-0.3, -0.25) is 9.59 Å². The highest BCUT2D eigenvalue weighted by atomic mass is 32.1. The fourth-order valence-corrected chi connectivity index (χ4v) is 2.20. The van der Waals surface area contributed by atoms with Gasteiger partial charge in [0, 0.05) is 19.0 Å². The van der Waals surface area contributed by atoms with Gasteiger partial charge in [0.1, 0.15) is 16.6 Å². The summed E-state index contributed by atoms with van der Waals surface area (Å²) < 4.78 is 26.1. The molecule has 0 aliphatic heterocycles. The van der Waals surface area contributed by atoms with Gasteiger partial charge in [-0.05, 0) is 19.1 Å². The molecular formula is C13H12F2N4O2S. The van der Waals surface area contributed by atoms with E-state index in [1.165, 1.54) is 11.3 Å². The van der Waals surface area contributed by atoms with Crippen molar-refractivity contribution in [3.05, 3.63) is 40.4 Å². The molecule has 0 aliphatic rings. The van der Waals surface area contributed by atoms with E-state index in [4.69, 9.17) is 0 Å². The molecule has 0 bridgehead atoms. The van der Waals surface area contributed by atoms with Crippen molar-refractivity contribution in [1.29, 1.82) is 0 Å². The van der Waals surface area contributed by atoms with Gasteiger partial charge in [-0.15, -0.1) is 10.2 Å². The number of hydrogen-bond acceptors (Lipinski definition) is 5. The van der Waals surface area contributed by atoms with E-state index in [0.717, 1.165) is 17.1 Å². The van der Waals surface area contributed by atoms with Crippen LogP contribution in [0.1, 0.15) is 21.8 Å². The highest BCUT2D eigenvalue weighted by Crippen LogP contribution is 2.13. The molecule has 1 aromatic heterocycles. The summed E-state index contributed by atoms with van der Waals surface area (Å²) in [6.45, 7) is 1.77. The number of benzene rings is 1. The van der Waals surface area contributed by atoms with Crippen LogP contribution in [-0.2, 0) is 4.79 Å². The molecule has 0 atom stereocenters. The van der Waals surface area contributed by atoms with Crippen molar-refractivity contribution >= 4 is 28.3 Å². The molecule has 6 nitrogen and oxygen atoms in total. The number of halogens is 2. The first-order valence-corrected chi connectivity index (χ1v) is 7.10. The average Bonchev–Trinajstić information content (AvgIpc) is 2.83. The van der Waals surface area contributed by atoms with Gasteiger partial charge in [0.25, 0.3) is 5.91 Å². The maximum Gasteiger partial charge on any atom is 0.254 e.